The van der Waals surface area contributed by atoms with Crippen LogP contribution in [0.15, 0.2) is 82.5 Å². The van der Waals surface area contributed by atoms with E-state index in [0.29, 0.717) is 17.2 Å². The van der Waals surface area contributed by atoms with Crippen molar-refractivity contribution < 1.29 is 13.9 Å². The predicted octanol–water partition coefficient (Wildman–Crippen LogP) is 3.87. The van der Waals surface area contributed by atoms with E-state index in [0.717, 1.165) is 11.1 Å². The molecule has 3 aromatic rings. The smallest absolute Gasteiger partial charge is 0.277 e. The second-order valence-corrected chi connectivity index (χ2v) is 5.36. The molecule has 5 heteroatoms. The van der Waals surface area contributed by atoms with Crippen LogP contribution in [0.25, 0.3) is 11.1 Å². The minimum atomic E-state index is -0.339. The maximum atomic E-state index is 12.0. The summed E-state index contributed by atoms with van der Waals surface area (Å²) in [4.78, 5) is 12.0. The van der Waals surface area contributed by atoms with Gasteiger partial charge in [0.25, 0.3) is 5.91 Å². The fraction of sp³-hybridized carbons (Fsp3) is 0.100. The van der Waals surface area contributed by atoms with Gasteiger partial charge < -0.3 is 9.15 Å². The maximum absolute atomic E-state index is 12.0. The van der Waals surface area contributed by atoms with E-state index in [-0.39, 0.29) is 12.5 Å². The average molecular weight is 334 g/mol. The first-order chi connectivity index (χ1) is 12.2. The van der Waals surface area contributed by atoms with Gasteiger partial charge in [-0.05, 0) is 30.7 Å². The van der Waals surface area contributed by atoms with E-state index >= 15 is 0 Å². The summed E-state index contributed by atoms with van der Waals surface area (Å²) in [6.45, 7) is 1.63. The van der Waals surface area contributed by atoms with Crippen molar-refractivity contribution in [3.8, 4) is 16.9 Å². The van der Waals surface area contributed by atoms with Crippen LogP contribution in [0.5, 0.6) is 5.75 Å². The third-order valence-corrected chi connectivity index (χ3v) is 3.56. The number of ether oxygens (including phenoxy) is 1. The standard InChI is InChI=1S/C20H18N2O3/c1-15(18-12-7-13-24-18)21-22-20(23)14-25-19-11-6-5-10-17(19)16-8-3-2-4-9-16/h2-13H,14H2,1H3,(H,22,23). The predicted molar refractivity (Wildman–Crippen MR) is 96.4 cm³/mol. The molecule has 2 aromatic carbocycles. The van der Waals surface area contributed by atoms with Crippen molar-refractivity contribution in [2.45, 2.75) is 6.92 Å². The number of rotatable bonds is 6. The van der Waals surface area contributed by atoms with Crippen LogP contribution in [0.3, 0.4) is 0 Å². The van der Waals surface area contributed by atoms with Gasteiger partial charge in [0, 0.05) is 5.56 Å². The van der Waals surface area contributed by atoms with E-state index in [1.54, 1.807) is 25.3 Å². The Labute approximate surface area is 145 Å². The summed E-state index contributed by atoms with van der Waals surface area (Å²) in [5.41, 5.74) is 5.02. The van der Waals surface area contributed by atoms with Gasteiger partial charge in [0.2, 0.25) is 0 Å². The Kier molecular flexibility index (Phi) is 5.26. The summed E-state index contributed by atoms with van der Waals surface area (Å²) >= 11 is 0. The minimum absolute atomic E-state index is 0.126. The molecule has 3 rings (SSSR count). The number of carbonyl (C=O) groups excluding carboxylic acids is 1. The van der Waals surface area contributed by atoms with Crippen LogP contribution >= 0.6 is 0 Å². The Hall–Kier alpha value is -3.34. The zero-order valence-corrected chi connectivity index (χ0v) is 13.8. The summed E-state index contributed by atoms with van der Waals surface area (Å²) in [5, 5.41) is 4.00. The highest BCUT2D eigenvalue weighted by Gasteiger charge is 2.08. The Morgan fingerprint density at radius 1 is 1.04 bits per heavy atom. The monoisotopic (exact) mass is 334 g/mol. The molecule has 0 aliphatic carbocycles. The van der Waals surface area contributed by atoms with Crippen LogP contribution in [0, 0.1) is 0 Å². The maximum Gasteiger partial charge on any atom is 0.277 e. The van der Waals surface area contributed by atoms with Crippen molar-refractivity contribution >= 4 is 11.6 Å². The Morgan fingerprint density at radius 3 is 2.56 bits per heavy atom. The van der Waals surface area contributed by atoms with Gasteiger partial charge in [0.1, 0.15) is 17.2 Å². The summed E-state index contributed by atoms with van der Waals surface area (Å²) in [5.74, 6) is 0.917. The van der Waals surface area contributed by atoms with Crippen molar-refractivity contribution in [2.75, 3.05) is 6.61 Å². The first kappa shape index (κ1) is 16.5. The lowest BCUT2D eigenvalue weighted by Gasteiger charge is -2.11. The summed E-state index contributed by atoms with van der Waals surface area (Å²) in [6, 6.07) is 21.0. The van der Waals surface area contributed by atoms with Gasteiger partial charge in [-0.2, -0.15) is 5.10 Å². The second-order valence-electron chi connectivity index (χ2n) is 5.36. The van der Waals surface area contributed by atoms with Crippen molar-refractivity contribution in [3.05, 3.63) is 78.8 Å². The number of para-hydroxylation sites is 1. The van der Waals surface area contributed by atoms with Gasteiger partial charge in [0.15, 0.2) is 6.61 Å². The fourth-order valence-corrected chi connectivity index (χ4v) is 2.31. The van der Waals surface area contributed by atoms with Crippen LogP contribution in [0.1, 0.15) is 12.7 Å². The molecule has 25 heavy (non-hydrogen) atoms. The number of furan rings is 1. The zero-order chi connectivity index (χ0) is 17.5. The highest BCUT2D eigenvalue weighted by molar-refractivity contribution is 5.96. The molecule has 5 nitrogen and oxygen atoms in total. The number of nitrogens with zero attached hydrogens (tertiary/aromatic N) is 1. The molecule has 0 unspecified atom stereocenters. The lowest BCUT2D eigenvalue weighted by Crippen LogP contribution is -2.25. The quantitative estimate of drug-likeness (QED) is 0.550. The van der Waals surface area contributed by atoms with E-state index in [4.69, 9.17) is 9.15 Å². The fourth-order valence-electron chi connectivity index (χ4n) is 2.31. The Bertz CT molecular complexity index is 856. The molecular formula is C20H18N2O3. The van der Waals surface area contributed by atoms with Gasteiger partial charge in [-0.15, -0.1) is 0 Å². The third kappa shape index (κ3) is 4.35. The topological polar surface area (TPSA) is 63.8 Å². The number of hydrazone groups is 1. The van der Waals surface area contributed by atoms with Gasteiger partial charge in [-0.25, -0.2) is 5.43 Å². The molecule has 0 bridgehead atoms. The van der Waals surface area contributed by atoms with Crippen molar-refractivity contribution in [2.24, 2.45) is 5.10 Å². The van der Waals surface area contributed by atoms with Gasteiger partial charge in [-0.3, -0.25) is 4.79 Å². The molecule has 1 N–H and O–H groups in total. The molecule has 0 fully saturated rings. The van der Waals surface area contributed by atoms with Crippen molar-refractivity contribution in [1.82, 2.24) is 5.43 Å². The van der Waals surface area contributed by atoms with Gasteiger partial charge >= 0.3 is 0 Å². The van der Waals surface area contributed by atoms with E-state index in [1.807, 2.05) is 54.6 Å². The summed E-state index contributed by atoms with van der Waals surface area (Å²) in [6.07, 6.45) is 1.56. The van der Waals surface area contributed by atoms with Gasteiger partial charge in [-0.1, -0.05) is 48.5 Å². The minimum Gasteiger partial charge on any atom is -0.483 e. The molecule has 0 radical (unpaired) electrons. The lowest BCUT2D eigenvalue weighted by molar-refractivity contribution is -0.123. The molecule has 1 heterocycles. The van der Waals surface area contributed by atoms with Crippen LogP contribution in [0.4, 0.5) is 0 Å². The van der Waals surface area contributed by atoms with Crippen molar-refractivity contribution in [1.29, 1.82) is 0 Å². The second kappa shape index (κ2) is 7.97. The third-order valence-electron chi connectivity index (χ3n) is 3.56. The lowest BCUT2D eigenvalue weighted by atomic mass is 10.1. The number of benzene rings is 2. The van der Waals surface area contributed by atoms with Crippen molar-refractivity contribution in [3.63, 3.8) is 0 Å². The number of nitrogens with one attached hydrogen (secondary N) is 1. The Balaban J connectivity index is 1.62. The molecule has 0 aliphatic rings. The van der Waals surface area contributed by atoms with Gasteiger partial charge in [0.05, 0.1) is 6.26 Å². The molecule has 1 amide bonds. The normalized spacial score (nSPS) is 11.2. The van der Waals surface area contributed by atoms with E-state index in [9.17, 15) is 4.79 Å². The van der Waals surface area contributed by atoms with Crippen LogP contribution < -0.4 is 10.2 Å². The zero-order valence-electron chi connectivity index (χ0n) is 13.8. The molecule has 0 spiro atoms. The number of amides is 1. The highest BCUT2D eigenvalue weighted by Crippen LogP contribution is 2.29. The SMILES string of the molecule is CC(=NNC(=O)COc1ccccc1-c1ccccc1)c1ccco1. The number of carbonyl (C=O) groups is 1. The molecule has 126 valence electrons. The number of hydrogen-bond donors (Lipinski definition) is 1. The summed E-state index contributed by atoms with van der Waals surface area (Å²) < 4.78 is 10.9. The molecular weight excluding hydrogens is 316 g/mol. The van der Waals surface area contributed by atoms with E-state index < -0.39 is 0 Å². The van der Waals surface area contributed by atoms with E-state index in [2.05, 4.69) is 10.5 Å². The van der Waals surface area contributed by atoms with Crippen LogP contribution in [0.2, 0.25) is 0 Å². The number of hydrogen-bond acceptors (Lipinski definition) is 4. The van der Waals surface area contributed by atoms with Crippen LogP contribution in [-0.4, -0.2) is 18.2 Å². The average Bonchev–Trinajstić information content (AvgIpc) is 3.20. The first-order valence-corrected chi connectivity index (χ1v) is 7.88. The molecule has 0 saturated heterocycles. The molecule has 0 atom stereocenters. The largest absolute Gasteiger partial charge is 0.483 e. The molecule has 1 aromatic heterocycles. The first-order valence-electron chi connectivity index (χ1n) is 7.88. The molecule has 0 aliphatic heterocycles. The Morgan fingerprint density at radius 2 is 1.80 bits per heavy atom. The van der Waals surface area contributed by atoms with E-state index in [1.165, 1.54) is 0 Å². The summed E-state index contributed by atoms with van der Waals surface area (Å²) in [7, 11) is 0. The van der Waals surface area contributed by atoms with Crippen LogP contribution in [-0.2, 0) is 4.79 Å². The highest BCUT2D eigenvalue weighted by atomic mass is 16.5. The molecule has 0 saturated carbocycles.